The van der Waals surface area contributed by atoms with Gasteiger partial charge in [-0.2, -0.15) is 0 Å². The number of rotatable bonds is 7. The molecule has 1 aliphatic heterocycles. The van der Waals surface area contributed by atoms with Gasteiger partial charge < -0.3 is 5.32 Å². The van der Waals surface area contributed by atoms with Crippen molar-refractivity contribution in [1.29, 1.82) is 0 Å². The van der Waals surface area contributed by atoms with Crippen LogP contribution in [0.2, 0.25) is 0 Å². The van der Waals surface area contributed by atoms with E-state index < -0.39 is 11.6 Å². The largest absolute Gasteiger partial charge is 0.313 e. The van der Waals surface area contributed by atoms with E-state index in [0.717, 1.165) is 38.9 Å². The van der Waals surface area contributed by atoms with Crippen molar-refractivity contribution in [2.75, 3.05) is 19.6 Å². The lowest BCUT2D eigenvalue weighted by Gasteiger charge is -2.32. The fourth-order valence-electron chi connectivity index (χ4n) is 3.09. The third kappa shape index (κ3) is 4.24. The Morgan fingerprint density at radius 1 is 1.33 bits per heavy atom. The molecule has 4 heteroatoms. The molecule has 0 spiro atoms. The molecular formula is C17H26F2N2. The second kappa shape index (κ2) is 7.85. The van der Waals surface area contributed by atoms with Crippen LogP contribution in [0.5, 0.6) is 0 Å². The van der Waals surface area contributed by atoms with Gasteiger partial charge in [-0.1, -0.05) is 19.4 Å². The molecule has 0 amide bonds. The minimum absolute atomic E-state index is 0.201. The van der Waals surface area contributed by atoms with E-state index in [4.69, 9.17) is 0 Å². The average molecular weight is 296 g/mol. The number of benzene rings is 1. The molecule has 0 saturated carbocycles. The summed E-state index contributed by atoms with van der Waals surface area (Å²) in [6.45, 7) is 6.83. The van der Waals surface area contributed by atoms with Crippen molar-refractivity contribution >= 4 is 0 Å². The van der Waals surface area contributed by atoms with Gasteiger partial charge in [0.25, 0.3) is 0 Å². The van der Waals surface area contributed by atoms with E-state index >= 15 is 0 Å². The molecule has 1 aromatic carbocycles. The summed E-state index contributed by atoms with van der Waals surface area (Å²) in [5.74, 6) is -0.883. The van der Waals surface area contributed by atoms with Gasteiger partial charge in [0.2, 0.25) is 0 Å². The van der Waals surface area contributed by atoms with Crippen LogP contribution in [-0.2, 0) is 0 Å². The first-order valence-electron chi connectivity index (χ1n) is 8.04. The van der Waals surface area contributed by atoms with Crippen LogP contribution >= 0.6 is 0 Å². The zero-order valence-electron chi connectivity index (χ0n) is 13.0. The van der Waals surface area contributed by atoms with Gasteiger partial charge >= 0.3 is 0 Å². The van der Waals surface area contributed by atoms with Crippen LogP contribution in [0.15, 0.2) is 18.2 Å². The van der Waals surface area contributed by atoms with E-state index in [0.29, 0.717) is 6.04 Å². The molecule has 2 nitrogen and oxygen atoms in total. The second-order valence-corrected chi connectivity index (χ2v) is 5.95. The number of nitrogens with one attached hydrogen (secondary N) is 1. The molecule has 21 heavy (non-hydrogen) atoms. The Labute approximate surface area is 126 Å². The molecule has 1 saturated heterocycles. The summed E-state index contributed by atoms with van der Waals surface area (Å²) in [5, 5.41) is 3.47. The summed E-state index contributed by atoms with van der Waals surface area (Å²) in [7, 11) is 0. The minimum atomic E-state index is -0.441. The predicted molar refractivity (Wildman–Crippen MR) is 82.3 cm³/mol. The summed E-state index contributed by atoms with van der Waals surface area (Å²) in [6.07, 6.45) is 4.47. The van der Waals surface area contributed by atoms with Gasteiger partial charge in [0.05, 0.1) is 0 Å². The number of hydrogen-bond acceptors (Lipinski definition) is 2. The van der Waals surface area contributed by atoms with Gasteiger partial charge in [0.15, 0.2) is 0 Å². The Bertz CT molecular complexity index is 424. The molecule has 2 unspecified atom stereocenters. The van der Waals surface area contributed by atoms with Crippen molar-refractivity contribution < 1.29 is 8.78 Å². The summed E-state index contributed by atoms with van der Waals surface area (Å²) < 4.78 is 28.0. The molecule has 118 valence electrons. The van der Waals surface area contributed by atoms with Crippen molar-refractivity contribution in [1.82, 2.24) is 10.2 Å². The smallest absolute Gasteiger partial charge is 0.130 e. The van der Waals surface area contributed by atoms with E-state index in [1.807, 2.05) is 6.92 Å². The first kappa shape index (κ1) is 16.4. The molecule has 1 heterocycles. The van der Waals surface area contributed by atoms with Crippen molar-refractivity contribution in [2.45, 2.75) is 51.6 Å². The summed E-state index contributed by atoms with van der Waals surface area (Å²) in [5.41, 5.74) is 0.201. The number of hydrogen-bond donors (Lipinski definition) is 1. The third-order valence-corrected chi connectivity index (χ3v) is 4.38. The quantitative estimate of drug-likeness (QED) is 0.821. The molecule has 0 aromatic heterocycles. The van der Waals surface area contributed by atoms with E-state index in [-0.39, 0.29) is 11.6 Å². The number of nitrogens with zero attached hydrogens (tertiary/aromatic N) is 1. The monoisotopic (exact) mass is 296 g/mol. The lowest BCUT2D eigenvalue weighted by atomic mass is 10.0. The first-order valence-corrected chi connectivity index (χ1v) is 8.04. The summed E-state index contributed by atoms with van der Waals surface area (Å²) >= 11 is 0. The van der Waals surface area contributed by atoms with Crippen LogP contribution < -0.4 is 5.32 Å². The maximum atomic E-state index is 14.0. The van der Waals surface area contributed by atoms with Crippen LogP contribution in [0.25, 0.3) is 0 Å². The lowest BCUT2D eigenvalue weighted by Crippen LogP contribution is -2.40. The van der Waals surface area contributed by atoms with Gasteiger partial charge in [0, 0.05) is 24.2 Å². The topological polar surface area (TPSA) is 15.3 Å². The Morgan fingerprint density at radius 3 is 2.62 bits per heavy atom. The van der Waals surface area contributed by atoms with Crippen LogP contribution in [0, 0.1) is 11.6 Å². The fraction of sp³-hybridized carbons (Fsp3) is 0.647. The zero-order chi connectivity index (χ0) is 15.2. The Balaban J connectivity index is 2.13. The molecule has 0 radical (unpaired) electrons. The van der Waals surface area contributed by atoms with Gasteiger partial charge in [-0.15, -0.1) is 0 Å². The molecule has 2 atom stereocenters. The van der Waals surface area contributed by atoms with Crippen molar-refractivity contribution in [3.8, 4) is 0 Å². The van der Waals surface area contributed by atoms with Crippen LogP contribution in [0.3, 0.4) is 0 Å². The van der Waals surface area contributed by atoms with Crippen molar-refractivity contribution in [2.24, 2.45) is 0 Å². The van der Waals surface area contributed by atoms with Crippen molar-refractivity contribution in [3.63, 3.8) is 0 Å². The zero-order valence-corrected chi connectivity index (χ0v) is 13.0. The van der Waals surface area contributed by atoms with Crippen LogP contribution in [0.1, 0.15) is 51.1 Å². The van der Waals surface area contributed by atoms with E-state index in [2.05, 4.69) is 17.1 Å². The Morgan fingerprint density at radius 2 is 2.05 bits per heavy atom. The number of unbranched alkanes of at least 4 members (excludes halogenated alkanes) is 1. The molecule has 1 aliphatic rings. The second-order valence-electron chi connectivity index (χ2n) is 5.95. The van der Waals surface area contributed by atoms with E-state index in [1.165, 1.54) is 24.6 Å². The normalized spacial score (nSPS) is 20.1. The molecular weight excluding hydrogens is 270 g/mol. The highest BCUT2D eigenvalue weighted by Gasteiger charge is 2.25. The van der Waals surface area contributed by atoms with Gasteiger partial charge in [-0.3, -0.25) is 4.90 Å². The van der Waals surface area contributed by atoms with E-state index in [1.54, 1.807) is 0 Å². The predicted octanol–water partition coefficient (Wildman–Crippen LogP) is 3.88. The fourth-order valence-corrected chi connectivity index (χ4v) is 3.09. The standard InChI is InChI=1S/C17H26F2N2/c1-3-4-11-21(12-14-7-6-10-20-14)13(2)17-15(18)8-5-9-16(17)19/h5,8-9,13-14,20H,3-4,6-7,10-12H2,1-2H3. The molecule has 1 N–H and O–H groups in total. The Hall–Kier alpha value is -1.00. The molecule has 2 rings (SSSR count). The van der Waals surface area contributed by atoms with Gasteiger partial charge in [0.1, 0.15) is 11.6 Å². The van der Waals surface area contributed by atoms with E-state index in [9.17, 15) is 8.78 Å². The minimum Gasteiger partial charge on any atom is -0.313 e. The van der Waals surface area contributed by atoms with Gasteiger partial charge in [-0.05, 0) is 51.4 Å². The number of halogens is 2. The highest BCUT2D eigenvalue weighted by Crippen LogP contribution is 2.27. The lowest BCUT2D eigenvalue weighted by molar-refractivity contribution is 0.182. The van der Waals surface area contributed by atoms with Crippen molar-refractivity contribution in [3.05, 3.63) is 35.4 Å². The SMILES string of the molecule is CCCCN(CC1CCCN1)C(C)c1c(F)cccc1F. The summed E-state index contributed by atoms with van der Waals surface area (Å²) in [6, 6.07) is 4.33. The maximum Gasteiger partial charge on any atom is 0.130 e. The third-order valence-electron chi connectivity index (χ3n) is 4.38. The molecule has 0 aliphatic carbocycles. The molecule has 1 aromatic rings. The highest BCUT2D eigenvalue weighted by atomic mass is 19.1. The summed E-state index contributed by atoms with van der Waals surface area (Å²) in [4.78, 5) is 2.22. The molecule has 0 bridgehead atoms. The average Bonchev–Trinajstić information content (AvgIpc) is 2.96. The molecule has 1 fully saturated rings. The maximum absolute atomic E-state index is 14.0. The highest BCUT2D eigenvalue weighted by molar-refractivity contribution is 5.23. The Kier molecular flexibility index (Phi) is 6.12. The van der Waals surface area contributed by atoms with Crippen LogP contribution in [-0.4, -0.2) is 30.6 Å². The van der Waals surface area contributed by atoms with Crippen LogP contribution in [0.4, 0.5) is 8.78 Å². The first-order chi connectivity index (χ1) is 10.1. The van der Waals surface area contributed by atoms with Gasteiger partial charge in [-0.25, -0.2) is 8.78 Å².